The van der Waals surface area contributed by atoms with Gasteiger partial charge in [-0.1, -0.05) is 11.6 Å². The topological polar surface area (TPSA) is 151 Å². The first-order valence-corrected chi connectivity index (χ1v) is 10.2. The molecule has 0 aliphatic rings. The van der Waals surface area contributed by atoms with Crippen LogP contribution in [0.25, 0.3) is 17.5 Å². The molecule has 13 heteroatoms. The number of benzene rings is 2. The second-order valence-electron chi connectivity index (χ2n) is 5.85. The summed E-state index contributed by atoms with van der Waals surface area (Å²) in [4.78, 5) is 26.1. The van der Waals surface area contributed by atoms with Gasteiger partial charge in [0.1, 0.15) is 10.7 Å². The number of rotatable bonds is 7. The van der Waals surface area contributed by atoms with Gasteiger partial charge in [0, 0.05) is 11.1 Å². The lowest BCUT2D eigenvalue weighted by Crippen LogP contribution is -1.98. The molecular weight excluding hydrogens is 516 g/mol. The van der Waals surface area contributed by atoms with E-state index in [1.165, 1.54) is 19.3 Å². The van der Waals surface area contributed by atoms with Gasteiger partial charge < -0.3 is 14.9 Å². The van der Waals surface area contributed by atoms with E-state index >= 15 is 0 Å². The smallest absolute Gasteiger partial charge is 0.342 e. The molecule has 0 saturated carbocycles. The van der Waals surface area contributed by atoms with E-state index in [0.29, 0.717) is 22.2 Å². The molecule has 0 aliphatic heterocycles. The number of nitrogens with one attached hydrogen (secondary N) is 1. The number of nitrogens with zero attached hydrogens (tertiary/aromatic N) is 3. The first kappa shape index (κ1) is 22.6. The van der Waals surface area contributed by atoms with E-state index in [2.05, 4.69) is 31.1 Å². The summed E-state index contributed by atoms with van der Waals surface area (Å²) in [6, 6.07) is 7.34. The highest BCUT2D eigenvalue weighted by Crippen LogP contribution is 2.37. The van der Waals surface area contributed by atoms with Crippen molar-refractivity contribution in [1.82, 2.24) is 15.2 Å². The van der Waals surface area contributed by atoms with Crippen LogP contribution in [-0.2, 0) is 4.79 Å². The molecule has 1 aromatic heterocycles. The number of aliphatic carboxylic acids is 1. The third-order valence-corrected chi connectivity index (χ3v) is 5.57. The molecule has 3 rings (SSSR count). The molecule has 0 radical (unpaired) electrons. The fourth-order valence-corrected chi connectivity index (χ4v) is 3.84. The highest BCUT2D eigenvalue weighted by Gasteiger charge is 2.20. The fourth-order valence-electron chi connectivity index (χ4n) is 2.49. The van der Waals surface area contributed by atoms with Crippen molar-refractivity contribution in [3.63, 3.8) is 0 Å². The summed E-state index contributed by atoms with van der Waals surface area (Å²) in [6.45, 7) is 0. The molecule has 3 N–H and O–H groups in total. The molecule has 0 aliphatic carbocycles. The number of H-pyrrole nitrogens is 1. The molecule has 160 valence electrons. The zero-order chi connectivity index (χ0) is 22.7. The van der Waals surface area contributed by atoms with Gasteiger partial charge in [0.05, 0.1) is 22.1 Å². The van der Waals surface area contributed by atoms with Crippen molar-refractivity contribution in [1.29, 1.82) is 0 Å². The number of halogens is 2. The lowest BCUT2D eigenvalue weighted by Gasteiger charge is -2.05. The summed E-state index contributed by atoms with van der Waals surface area (Å²) in [5.74, 6) is -1.04. The first-order chi connectivity index (χ1) is 14.7. The van der Waals surface area contributed by atoms with Gasteiger partial charge >= 0.3 is 11.7 Å². The molecule has 0 unspecified atom stereocenters. The summed E-state index contributed by atoms with van der Waals surface area (Å²) in [6.07, 6.45) is 1.21. The molecule has 3 aromatic rings. The van der Waals surface area contributed by atoms with Gasteiger partial charge in [-0.15, -0.1) is 5.10 Å². The number of aromatic nitrogens is 3. The second-order valence-corrected chi connectivity index (χ2v) is 8.15. The predicted molar refractivity (Wildman–Crippen MR) is 117 cm³/mol. The van der Waals surface area contributed by atoms with Crippen LogP contribution in [0.4, 0.5) is 5.69 Å². The van der Waals surface area contributed by atoms with E-state index in [-0.39, 0.29) is 20.1 Å². The minimum absolute atomic E-state index is 0.0518. The van der Waals surface area contributed by atoms with Crippen molar-refractivity contribution in [2.45, 2.75) is 5.16 Å². The highest BCUT2D eigenvalue weighted by atomic mass is 79.9. The molecule has 0 fully saturated rings. The number of nitro benzene ring substituents is 1. The fraction of sp³-hybridized carbons (Fsp3) is 0.0556. The number of carboxylic acid groups (broad SMARTS) is 1. The van der Waals surface area contributed by atoms with Gasteiger partial charge in [-0.3, -0.25) is 15.2 Å². The number of carbonyl (C=O) groups is 1. The molecule has 31 heavy (non-hydrogen) atoms. The number of ether oxygens (including phenoxy) is 1. The summed E-state index contributed by atoms with van der Waals surface area (Å²) >= 11 is 9.78. The normalized spacial score (nSPS) is 11.4. The number of nitro groups is 1. The van der Waals surface area contributed by atoms with E-state index in [9.17, 15) is 25.1 Å². The lowest BCUT2D eigenvalue weighted by atomic mass is 10.1. The zero-order valence-electron chi connectivity index (χ0n) is 15.5. The Hall–Kier alpha value is -3.09. The summed E-state index contributed by atoms with van der Waals surface area (Å²) in [5, 5.41) is 37.7. The van der Waals surface area contributed by atoms with Crippen molar-refractivity contribution in [2.24, 2.45) is 0 Å². The van der Waals surface area contributed by atoms with Crippen molar-refractivity contribution in [3.05, 3.63) is 60.4 Å². The van der Waals surface area contributed by atoms with Crippen LogP contribution >= 0.6 is 39.3 Å². The quantitative estimate of drug-likeness (QED) is 0.171. The number of aromatic hydroxyl groups is 1. The molecule has 0 spiro atoms. The van der Waals surface area contributed by atoms with Gasteiger partial charge in [0.15, 0.2) is 5.82 Å². The largest absolute Gasteiger partial charge is 0.501 e. The number of thioether (sulfide) groups is 1. The van der Waals surface area contributed by atoms with Crippen LogP contribution in [0, 0.1) is 10.1 Å². The highest BCUT2D eigenvalue weighted by molar-refractivity contribution is 9.10. The standard InChI is InChI=1S/C18H12BrClN4O6S/c1-30-13-3-2-9(20)7-10(13)16-21-18(23-22-16)31-14(17(26)27)6-8-4-11(19)15(25)12(5-8)24(28)29/h2-7,25H,1H3,(H,26,27)(H,21,22,23)/b14-6-. The molecule has 0 saturated heterocycles. The van der Waals surface area contributed by atoms with E-state index < -0.39 is 22.3 Å². The van der Waals surface area contributed by atoms with Crippen LogP contribution in [0.1, 0.15) is 5.56 Å². The maximum atomic E-state index is 11.7. The SMILES string of the molecule is COc1ccc(Cl)cc1-c1nc(S/C(=C\c2cc(Br)c(O)c([N+](=O)[O-])c2)C(=O)O)n[nH]1. The molecule has 0 bridgehead atoms. The minimum atomic E-state index is -1.29. The first-order valence-electron chi connectivity index (χ1n) is 8.25. The Kier molecular flexibility index (Phi) is 6.83. The number of phenolic OH excluding ortho intramolecular Hbond substituents is 1. The Morgan fingerprint density at radius 1 is 1.39 bits per heavy atom. The Morgan fingerprint density at radius 3 is 2.77 bits per heavy atom. The Bertz CT molecular complexity index is 1220. The minimum Gasteiger partial charge on any atom is -0.501 e. The Morgan fingerprint density at radius 2 is 2.13 bits per heavy atom. The van der Waals surface area contributed by atoms with Crippen LogP contribution in [-0.4, -0.2) is 43.4 Å². The van der Waals surface area contributed by atoms with Gasteiger partial charge in [-0.2, -0.15) is 0 Å². The van der Waals surface area contributed by atoms with Crippen molar-refractivity contribution < 1.29 is 24.7 Å². The Labute approximate surface area is 192 Å². The van der Waals surface area contributed by atoms with E-state index in [0.717, 1.165) is 17.8 Å². The average Bonchev–Trinajstić information content (AvgIpc) is 3.18. The maximum Gasteiger partial charge on any atom is 0.342 e. The van der Waals surface area contributed by atoms with Gasteiger partial charge in [-0.05, 0) is 63.6 Å². The monoisotopic (exact) mass is 526 g/mol. The molecule has 0 atom stereocenters. The van der Waals surface area contributed by atoms with Crippen LogP contribution < -0.4 is 4.74 Å². The Balaban J connectivity index is 1.95. The number of hydrogen-bond acceptors (Lipinski definition) is 8. The van der Waals surface area contributed by atoms with Crippen molar-refractivity contribution >= 4 is 57.0 Å². The number of carboxylic acids is 1. The van der Waals surface area contributed by atoms with E-state index in [1.807, 2.05) is 0 Å². The van der Waals surface area contributed by atoms with Gasteiger partial charge in [0.2, 0.25) is 10.9 Å². The van der Waals surface area contributed by atoms with Crippen molar-refractivity contribution in [3.8, 4) is 22.9 Å². The van der Waals surface area contributed by atoms with Gasteiger partial charge in [-0.25, -0.2) is 9.78 Å². The van der Waals surface area contributed by atoms with Crippen LogP contribution in [0.5, 0.6) is 11.5 Å². The number of methoxy groups -OCH3 is 1. The average molecular weight is 528 g/mol. The molecule has 0 amide bonds. The summed E-state index contributed by atoms with van der Waals surface area (Å²) < 4.78 is 5.33. The van der Waals surface area contributed by atoms with Crippen LogP contribution in [0.3, 0.4) is 0 Å². The van der Waals surface area contributed by atoms with E-state index in [1.54, 1.807) is 18.2 Å². The van der Waals surface area contributed by atoms with Crippen LogP contribution in [0.15, 0.2) is 44.9 Å². The molecule has 2 aromatic carbocycles. The molecular formula is C18H12BrClN4O6S. The van der Waals surface area contributed by atoms with Gasteiger partial charge in [0.25, 0.3) is 0 Å². The maximum absolute atomic E-state index is 11.7. The third-order valence-electron chi connectivity index (χ3n) is 3.85. The predicted octanol–water partition coefficient (Wildman–Crippen LogP) is 4.73. The lowest BCUT2D eigenvalue weighted by molar-refractivity contribution is -0.386. The third kappa shape index (κ3) is 5.16. The number of aromatic amines is 1. The molecule has 10 nitrogen and oxygen atoms in total. The van der Waals surface area contributed by atoms with Crippen molar-refractivity contribution in [2.75, 3.05) is 7.11 Å². The van der Waals surface area contributed by atoms with E-state index in [4.69, 9.17) is 16.3 Å². The molecule has 1 heterocycles. The number of hydrogen-bond donors (Lipinski definition) is 3. The second kappa shape index (κ2) is 9.37. The summed E-state index contributed by atoms with van der Waals surface area (Å²) in [5.41, 5.74) is 0.158. The summed E-state index contributed by atoms with van der Waals surface area (Å²) in [7, 11) is 1.49. The number of phenols is 1. The zero-order valence-corrected chi connectivity index (χ0v) is 18.7. The van der Waals surface area contributed by atoms with Crippen LogP contribution in [0.2, 0.25) is 5.02 Å².